The molecule has 0 radical (unpaired) electrons. The number of esters is 1. The Morgan fingerprint density at radius 3 is 1.61 bits per heavy atom. The number of aliphatic hydroxyl groups is 2. The SMILES string of the molecule is C=C1C2C[C@@H]3O[C@H]4C[C@@H](O)[C@@H](CCO)O[C@H]4[C@H](C)[C@H]3OC(=O)CC3CC[C@@H]4O[C@@H]5[C@@H](O[C@H](CC(=O)CCC6CC(=C)[C@H](CC[C@@H](C[C@H]1C)O2)O6)[C@@H]5O[Si](c1ccccc1)(c1ccccc1)C(C)(C)C)[C@@H](O[Si](c1ccccc1)(c1ccccc1)C(C)(C)C)[C@H]4O3. The summed E-state index contributed by atoms with van der Waals surface area (Å²) < 4.78 is 73.5. The van der Waals surface area contributed by atoms with Gasteiger partial charge in [-0.25, -0.2) is 0 Å². The van der Waals surface area contributed by atoms with E-state index in [4.69, 9.17) is 46.7 Å². The van der Waals surface area contributed by atoms with Gasteiger partial charge in [-0.1, -0.05) is 190 Å². The molecular weight excluding hydrogens is 1170 g/mol. The van der Waals surface area contributed by atoms with E-state index in [0.29, 0.717) is 44.9 Å². The highest BCUT2D eigenvalue weighted by Gasteiger charge is 2.65. The summed E-state index contributed by atoms with van der Waals surface area (Å²) in [5, 5.41) is 24.8. The third-order valence-electron chi connectivity index (χ3n) is 21.4. The van der Waals surface area contributed by atoms with Crippen LogP contribution in [-0.4, -0.2) is 155 Å². The Hall–Kier alpha value is -4.51. The predicted octanol–water partition coefficient (Wildman–Crippen LogP) is 9.55. The number of carbonyl (C=O) groups excluding carboxylic acids is 2. The zero-order valence-electron chi connectivity index (χ0n) is 54.2. The Bertz CT molecular complexity index is 3020. The van der Waals surface area contributed by atoms with Crippen LogP contribution in [0, 0.1) is 11.8 Å². The molecule has 2 N–H and O–H groups in total. The highest BCUT2D eigenvalue weighted by molar-refractivity contribution is 7.00. The maximum absolute atomic E-state index is 15.1. The van der Waals surface area contributed by atoms with Crippen molar-refractivity contribution in [1.29, 1.82) is 0 Å². The van der Waals surface area contributed by atoms with Crippen LogP contribution in [0.5, 0.6) is 0 Å². The second-order valence-electron chi connectivity index (χ2n) is 29.4. The molecule has 12 rings (SSSR count). The highest BCUT2D eigenvalue weighted by atomic mass is 28.4. The number of fused-ring (bicyclic) bond motifs is 8. The molecule has 0 aliphatic carbocycles. The van der Waals surface area contributed by atoms with Crippen molar-refractivity contribution < 1.29 is 66.5 Å². The minimum Gasteiger partial charge on any atom is -0.459 e. The van der Waals surface area contributed by atoms with Crippen LogP contribution in [0.2, 0.25) is 10.1 Å². The maximum atomic E-state index is 15.1. The van der Waals surface area contributed by atoms with Crippen LogP contribution < -0.4 is 20.7 Å². The lowest BCUT2D eigenvalue weighted by atomic mass is 9.79. The average Bonchev–Trinajstić information content (AvgIpc) is 1.32. The molecule has 16 heteroatoms. The number of hydrogen-bond donors (Lipinski definition) is 2. The fourth-order valence-corrected chi connectivity index (χ4v) is 26.2. The molecule has 8 fully saturated rings. The van der Waals surface area contributed by atoms with Crippen molar-refractivity contribution in [3.05, 3.63) is 146 Å². The van der Waals surface area contributed by atoms with Crippen molar-refractivity contribution in [2.75, 3.05) is 6.61 Å². The molecule has 4 aromatic rings. The normalized spacial score (nSPS) is 36.5. The van der Waals surface area contributed by atoms with Crippen molar-refractivity contribution in [3.63, 3.8) is 0 Å². The van der Waals surface area contributed by atoms with Crippen LogP contribution in [0.3, 0.4) is 0 Å². The van der Waals surface area contributed by atoms with Gasteiger partial charge < -0.3 is 57.0 Å². The minimum atomic E-state index is -3.43. The van der Waals surface area contributed by atoms with Gasteiger partial charge >= 0.3 is 5.97 Å². The maximum Gasteiger partial charge on any atom is 0.308 e. The molecule has 8 aliphatic rings. The summed E-state index contributed by atoms with van der Waals surface area (Å²) in [5.41, 5.74) is 1.99. The lowest BCUT2D eigenvalue weighted by Crippen LogP contribution is -2.73. The molecule has 8 heterocycles. The molecule has 0 saturated carbocycles. The van der Waals surface area contributed by atoms with Crippen LogP contribution in [0.25, 0.3) is 0 Å². The van der Waals surface area contributed by atoms with Gasteiger partial charge in [0, 0.05) is 38.2 Å². The molecular formula is C74H98O14Si2. The minimum absolute atomic E-state index is 0.0521. The summed E-state index contributed by atoms with van der Waals surface area (Å²) in [6.07, 6.45) is -4.42. The van der Waals surface area contributed by atoms with E-state index in [2.05, 4.69) is 159 Å². The first kappa shape index (κ1) is 65.6. The molecule has 8 saturated heterocycles. The van der Waals surface area contributed by atoms with Crippen molar-refractivity contribution in [2.45, 2.75) is 259 Å². The summed E-state index contributed by atoms with van der Waals surface area (Å²) in [6, 6.07) is 42.4. The summed E-state index contributed by atoms with van der Waals surface area (Å²) in [6.45, 7) is 26.8. The number of ketones is 1. The van der Waals surface area contributed by atoms with Crippen molar-refractivity contribution in [3.8, 4) is 0 Å². The number of aliphatic hydroxyl groups excluding tert-OH is 2. The summed E-state index contributed by atoms with van der Waals surface area (Å²) in [7, 11) is -6.78. The van der Waals surface area contributed by atoms with Crippen LogP contribution in [0.1, 0.15) is 139 Å². The lowest BCUT2D eigenvalue weighted by molar-refractivity contribution is -0.274. The first-order chi connectivity index (χ1) is 43.1. The van der Waals surface area contributed by atoms with Crippen LogP contribution in [0.4, 0.5) is 0 Å². The fourth-order valence-electron chi connectivity index (χ4n) is 16.8. The number of Topliss-reactive ketones (excluding diaryl/α,β-unsaturated/α-hetero) is 1. The topological polar surface area (TPSA) is 167 Å². The van der Waals surface area contributed by atoms with Crippen molar-refractivity contribution >= 4 is 49.1 Å². The van der Waals surface area contributed by atoms with E-state index in [1.165, 1.54) is 0 Å². The number of hydrogen-bond acceptors (Lipinski definition) is 14. The summed E-state index contributed by atoms with van der Waals surface area (Å²) in [5.74, 6) is -0.578. The highest BCUT2D eigenvalue weighted by Crippen LogP contribution is 2.50. The van der Waals surface area contributed by atoms with E-state index < -0.39 is 118 Å². The Balaban J connectivity index is 0.958. The van der Waals surface area contributed by atoms with E-state index in [0.717, 1.165) is 44.7 Å². The Morgan fingerprint density at radius 2 is 1.03 bits per heavy atom. The molecule has 14 nitrogen and oxygen atoms in total. The lowest BCUT2D eigenvalue weighted by Gasteiger charge is -2.53. The van der Waals surface area contributed by atoms with Crippen LogP contribution in [-0.2, 0) is 56.3 Å². The molecule has 0 amide bonds. The zero-order chi connectivity index (χ0) is 63.3. The number of ether oxygens (including phenoxy) is 8. The predicted molar refractivity (Wildman–Crippen MR) is 350 cm³/mol. The van der Waals surface area contributed by atoms with Gasteiger partial charge in [0.2, 0.25) is 0 Å². The molecule has 0 spiro atoms. The summed E-state index contributed by atoms with van der Waals surface area (Å²) in [4.78, 5) is 30.2. The molecule has 8 aliphatic heterocycles. The van der Waals surface area contributed by atoms with Gasteiger partial charge in [-0.3, -0.25) is 9.59 Å². The van der Waals surface area contributed by atoms with Crippen LogP contribution in [0.15, 0.2) is 146 Å². The third-order valence-corrected chi connectivity index (χ3v) is 31.5. The molecule has 20 atom stereocenters. The van der Waals surface area contributed by atoms with E-state index in [1.54, 1.807) is 0 Å². The standard InChI is InChI=1S/C74H98O14Si2/c1-45-39-51-33-35-58-46(2)40-50(79-58)32-31-49(76)41-62-69(87-89(73(5,6)7,53-23-15-11-16-24-53)54-25-17-12-18-26-54)70-71(85-62)72(88-90(74(8,9)10,55-27-19-13-20-28-55)56-29-21-14-22-30-56)68-60(84-70)36-34-52(81-68)42-65(78)86-67-48(4)66-63(43-57(77)59(83-66)37-38-75)82-64(67)44-61(80-51)47(45)3/h11-30,45,48,50-52,57-64,66-72,75,77H,2-3,31-44H2,1,4-10H3/t45-,48+,50?,51+,52?,57-,58+,59-,60+,61?,62-,63+,64+,66+,67-,68+,69+,70+,71-,72+/m1/s1. The fraction of sp³-hybridized carbons (Fsp3) is 0.595. The molecule has 8 bridgehead atoms. The van der Waals surface area contributed by atoms with E-state index >= 15 is 9.59 Å². The first-order valence-electron chi connectivity index (χ1n) is 33.7. The quantitative estimate of drug-likeness (QED) is 0.0876. The second kappa shape index (κ2) is 27.1. The van der Waals surface area contributed by atoms with Gasteiger partial charge in [0.25, 0.3) is 16.6 Å². The van der Waals surface area contributed by atoms with Gasteiger partial charge in [0.1, 0.15) is 42.4 Å². The molecule has 486 valence electrons. The first-order valence-corrected chi connectivity index (χ1v) is 37.5. The zero-order valence-corrected chi connectivity index (χ0v) is 56.2. The summed E-state index contributed by atoms with van der Waals surface area (Å²) >= 11 is 0. The van der Waals surface area contributed by atoms with Crippen molar-refractivity contribution in [1.82, 2.24) is 0 Å². The Labute approximate surface area is 535 Å². The van der Waals surface area contributed by atoms with E-state index in [-0.39, 0.29) is 74.3 Å². The van der Waals surface area contributed by atoms with Gasteiger partial charge in [-0.05, 0) is 99.3 Å². The van der Waals surface area contributed by atoms with Crippen LogP contribution >= 0.6 is 0 Å². The molecule has 3 unspecified atom stereocenters. The van der Waals surface area contributed by atoms with Gasteiger partial charge in [-0.2, -0.15) is 0 Å². The van der Waals surface area contributed by atoms with Gasteiger partial charge in [0.05, 0.1) is 79.7 Å². The van der Waals surface area contributed by atoms with Crippen molar-refractivity contribution in [2.24, 2.45) is 11.8 Å². The Kier molecular flexibility index (Phi) is 19.7. The largest absolute Gasteiger partial charge is 0.459 e. The molecule has 0 aromatic heterocycles. The number of benzene rings is 4. The smallest absolute Gasteiger partial charge is 0.308 e. The van der Waals surface area contributed by atoms with E-state index in [9.17, 15) is 10.2 Å². The second-order valence-corrected chi connectivity index (χ2v) is 37.9. The van der Waals surface area contributed by atoms with Gasteiger partial charge in [-0.15, -0.1) is 0 Å². The van der Waals surface area contributed by atoms with E-state index in [1.807, 2.05) is 31.2 Å². The monoisotopic (exact) mass is 1270 g/mol. The number of rotatable bonds is 10. The Morgan fingerprint density at radius 1 is 0.511 bits per heavy atom. The number of carbonyl (C=O) groups is 2. The molecule has 90 heavy (non-hydrogen) atoms. The van der Waals surface area contributed by atoms with Gasteiger partial charge in [0.15, 0.2) is 0 Å². The third kappa shape index (κ3) is 12.9. The molecule has 4 aromatic carbocycles. The average molecular weight is 1270 g/mol.